The molecule has 6 nitrogen and oxygen atoms in total. The molecule has 0 aliphatic carbocycles. The Morgan fingerprint density at radius 1 is 1.59 bits per heavy atom. The molecule has 0 saturated carbocycles. The number of nitriles is 1. The maximum Gasteiger partial charge on any atom is 0.237 e. The van der Waals surface area contributed by atoms with Gasteiger partial charge in [0, 0.05) is 18.1 Å². The first-order valence-electron chi connectivity index (χ1n) is 7.52. The number of rotatable bonds is 2. The third kappa shape index (κ3) is 2.23. The highest BCUT2D eigenvalue weighted by atomic mass is 16.2. The minimum Gasteiger partial charge on any atom is -0.346 e. The van der Waals surface area contributed by atoms with Crippen molar-refractivity contribution in [3.05, 3.63) is 24.3 Å². The van der Waals surface area contributed by atoms with Crippen molar-refractivity contribution in [2.75, 3.05) is 6.54 Å². The van der Waals surface area contributed by atoms with Crippen LogP contribution in [0.5, 0.6) is 0 Å². The third-order valence-electron chi connectivity index (χ3n) is 4.58. The van der Waals surface area contributed by atoms with E-state index >= 15 is 0 Å². The molecule has 2 atom stereocenters. The second kappa shape index (κ2) is 5.41. The van der Waals surface area contributed by atoms with Crippen LogP contribution in [0.25, 0.3) is 11.0 Å². The summed E-state index contributed by atoms with van der Waals surface area (Å²) in [6.45, 7) is 4.90. The van der Waals surface area contributed by atoms with Gasteiger partial charge in [-0.3, -0.25) is 4.79 Å². The van der Waals surface area contributed by atoms with E-state index in [4.69, 9.17) is 5.26 Å². The highest BCUT2D eigenvalue weighted by molar-refractivity contribution is 5.82. The minimum atomic E-state index is -0.505. The van der Waals surface area contributed by atoms with Crippen molar-refractivity contribution in [1.29, 1.82) is 5.26 Å². The van der Waals surface area contributed by atoms with Gasteiger partial charge in [0.15, 0.2) is 0 Å². The number of nitrogens with zero attached hydrogens (tertiary/aromatic N) is 4. The first-order chi connectivity index (χ1) is 10.6. The van der Waals surface area contributed by atoms with Gasteiger partial charge in [0.1, 0.15) is 18.4 Å². The van der Waals surface area contributed by atoms with E-state index in [1.54, 1.807) is 0 Å². The minimum absolute atomic E-state index is 0.0919. The molecule has 0 aromatic carbocycles. The maximum absolute atomic E-state index is 12.4. The van der Waals surface area contributed by atoms with Crippen molar-refractivity contribution < 1.29 is 4.79 Å². The highest BCUT2D eigenvalue weighted by Crippen LogP contribution is 2.41. The topological polar surface area (TPSA) is 85.7 Å². The molecule has 6 heteroatoms. The number of hydrogen-bond acceptors (Lipinski definition) is 4. The summed E-state index contributed by atoms with van der Waals surface area (Å²) in [4.78, 5) is 26.1. The Balaban J connectivity index is 2.11. The zero-order valence-corrected chi connectivity index (χ0v) is 12.8. The number of likely N-dealkylation sites (tertiary alicyclic amines) is 1. The van der Waals surface area contributed by atoms with Gasteiger partial charge < -0.3 is 9.88 Å². The molecule has 1 saturated heterocycles. The molecule has 1 fully saturated rings. The van der Waals surface area contributed by atoms with Gasteiger partial charge in [0.2, 0.25) is 5.91 Å². The van der Waals surface area contributed by atoms with Crippen LogP contribution in [0, 0.1) is 17.2 Å². The van der Waals surface area contributed by atoms with Gasteiger partial charge in [-0.25, -0.2) is 9.97 Å². The molecule has 3 heterocycles. The van der Waals surface area contributed by atoms with Crippen molar-refractivity contribution in [3.63, 3.8) is 0 Å². The molecule has 3 rings (SSSR count). The Kier molecular flexibility index (Phi) is 3.57. The fourth-order valence-corrected chi connectivity index (χ4v) is 3.58. The quantitative estimate of drug-likeness (QED) is 0.922. The predicted molar refractivity (Wildman–Crippen MR) is 81.6 cm³/mol. The number of nitrogens with one attached hydrogen (secondary N) is 1. The average Bonchev–Trinajstić information content (AvgIpc) is 2.95. The van der Waals surface area contributed by atoms with Gasteiger partial charge in [-0.15, -0.1) is 0 Å². The Labute approximate surface area is 129 Å². The largest absolute Gasteiger partial charge is 0.346 e. The number of aromatic nitrogens is 3. The van der Waals surface area contributed by atoms with E-state index in [-0.39, 0.29) is 12.3 Å². The van der Waals surface area contributed by atoms with Crippen LogP contribution in [0.1, 0.15) is 38.8 Å². The van der Waals surface area contributed by atoms with Crippen LogP contribution < -0.4 is 0 Å². The molecule has 1 unspecified atom stereocenters. The van der Waals surface area contributed by atoms with Gasteiger partial charge >= 0.3 is 0 Å². The summed E-state index contributed by atoms with van der Waals surface area (Å²) < 4.78 is 0. The zero-order chi connectivity index (χ0) is 15.7. The van der Waals surface area contributed by atoms with Gasteiger partial charge in [-0.05, 0) is 31.7 Å². The van der Waals surface area contributed by atoms with Gasteiger partial charge in [-0.2, -0.15) is 5.26 Å². The van der Waals surface area contributed by atoms with Crippen molar-refractivity contribution in [3.8, 4) is 6.07 Å². The standard InChI is InChI=1S/C16H19N5O/c1-11-5-8-21(13(22)3-6-17)16(2,9-11)14-12-4-7-18-15(12)20-10-19-14/h4,7,10-11H,3,5,8-9H2,1-2H3,(H,18,19,20)/t11-,16?/m1/s1. The van der Waals surface area contributed by atoms with E-state index in [9.17, 15) is 4.79 Å². The second-order valence-electron chi connectivity index (χ2n) is 6.21. The molecule has 2 aromatic heterocycles. The fourth-order valence-electron chi connectivity index (χ4n) is 3.58. The van der Waals surface area contributed by atoms with Crippen LogP contribution in [0.4, 0.5) is 0 Å². The van der Waals surface area contributed by atoms with Crippen molar-refractivity contribution >= 4 is 16.9 Å². The molecule has 22 heavy (non-hydrogen) atoms. The van der Waals surface area contributed by atoms with Crippen LogP contribution in [0.2, 0.25) is 0 Å². The molecule has 1 amide bonds. The molecule has 114 valence electrons. The van der Waals surface area contributed by atoms with E-state index < -0.39 is 5.54 Å². The lowest BCUT2D eigenvalue weighted by atomic mass is 9.79. The van der Waals surface area contributed by atoms with Gasteiger partial charge in [0.05, 0.1) is 17.3 Å². The Morgan fingerprint density at radius 2 is 2.41 bits per heavy atom. The molecular formula is C16H19N5O. The first kappa shape index (κ1) is 14.5. The lowest BCUT2D eigenvalue weighted by Gasteiger charge is -2.46. The van der Waals surface area contributed by atoms with Crippen molar-refractivity contribution in [1.82, 2.24) is 19.9 Å². The number of H-pyrrole nitrogens is 1. The molecule has 0 radical (unpaired) electrons. The lowest BCUT2D eigenvalue weighted by molar-refractivity contribution is -0.140. The van der Waals surface area contributed by atoms with Crippen LogP contribution in [-0.2, 0) is 10.3 Å². The number of amides is 1. The summed E-state index contributed by atoms with van der Waals surface area (Å²) in [5, 5.41) is 9.81. The summed E-state index contributed by atoms with van der Waals surface area (Å²) in [6, 6.07) is 3.91. The molecule has 0 spiro atoms. The van der Waals surface area contributed by atoms with E-state index in [1.807, 2.05) is 30.2 Å². The molecule has 1 N–H and O–H groups in total. The van der Waals surface area contributed by atoms with Crippen molar-refractivity contribution in [2.45, 2.75) is 38.6 Å². The zero-order valence-electron chi connectivity index (χ0n) is 12.8. The lowest BCUT2D eigenvalue weighted by Crippen LogP contribution is -2.52. The van der Waals surface area contributed by atoms with E-state index in [1.165, 1.54) is 6.33 Å². The summed E-state index contributed by atoms with van der Waals surface area (Å²) in [5.41, 5.74) is 1.13. The Morgan fingerprint density at radius 3 is 3.18 bits per heavy atom. The summed E-state index contributed by atoms with van der Waals surface area (Å²) in [6.07, 6.45) is 5.06. The molecule has 1 aliphatic heterocycles. The Bertz CT molecular complexity index is 746. The van der Waals surface area contributed by atoms with Gasteiger partial charge in [0.25, 0.3) is 0 Å². The number of carbonyl (C=O) groups excluding carboxylic acids is 1. The predicted octanol–water partition coefficient (Wildman–Crippen LogP) is 2.35. The highest BCUT2D eigenvalue weighted by Gasteiger charge is 2.43. The Hall–Kier alpha value is -2.42. The van der Waals surface area contributed by atoms with E-state index in [0.29, 0.717) is 12.5 Å². The number of aromatic amines is 1. The molecular weight excluding hydrogens is 278 g/mol. The summed E-state index contributed by atoms with van der Waals surface area (Å²) >= 11 is 0. The normalized spacial score (nSPS) is 25.1. The van der Waals surface area contributed by atoms with Gasteiger partial charge in [-0.1, -0.05) is 6.92 Å². The third-order valence-corrected chi connectivity index (χ3v) is 4.58. The maximum atomic E-state index is 12.4. The van der Waals surface area contributed by atoms with Crippen LogP contribution >= 0.6 is 0 Å². The molecule has 1 aliphatic rings. The smallest absolute Gasteiger partial charge is 0.237 e. The SMILES string of the molecule is C[C@@H]1CCN(C(=O)CC#N)C(C)(c2ncnc3[nH]ccc23)C1. The number of carbonyl (C=O) groups is 1. The molecule has 2 aromatic rings. The van der Waals surface area contributed by atoms with Crippen LogP contribution in [0.3, 0.4) is 0 Å². The second-order valence-corrected chi connectivity index (χ2v) is 6.21. The summed E-state index contributed by atoms with van der Waals surface area (Å²) in [5.74, 6) is 0.374. The van der Waals surface area contributed by atoms with Crippen LogP contribution in [0.15, 0.2) is 18.6 Å². The number of fused-ring (bicyclic) bond motifs is 1. The fraction of sp³-hybridized carbons (Fsp3) is 0.500. The number of hydrogen-bond donors (Lipinski definition) is 1. The first-order valence-corrected chi connectivity index (χ1v) is 7.52. The van der Waals surface area contributed by atoms with E-state index in [0.717, 1.165) is 29.6 Å². The number of piperidine rings is 1. The average molecular weight is 297 g/mol. The monoisotopic (exact) mass is 297 g/mol. The molecule has 0 bridgehead atoms. The van der Waals surface area contributed by atoms with E-state index in [2.05, 4.69) is 21.9 Å². The summed E-state index contributed by atoms with van der Waals surface area (Å²) in [7, 11) is 0. The van der Waals surface area contributed by atoms with Crippen LogP contribution in [-0.4, -0.2) is 32.3 Å². The van der Waals surface area contributed by atoms with Crippen molar-refractivity contribution in [2.24, 2.45) is 5.92 Å².